The number of hydrogen-bond donors (Lipinski definition) is 2. The molecule has 4 aromatic rings. The van der Waals surface area contributed by atoms with E-state index in [0.29, 0.717) is 42.3 Å². The van der Waals surface area contributed by atoms with Gasteiger partial charge in [-0.15, -0.1) is 10.2 Å². The molecule has 3 heterocycles. The number of methoxy groups -OCH3 is 1. The number of carbonyl (C=O) groups excluding carboxylic acids is 1. The van der Waals surface area contributed by atoms with Gasteiger partial charge >= 0.3 is 6.18 Å². The van der Waals surface area contributed by atoms with E-state index in [1.165, 1.54) is 11.0 Å². The molecule has 266 valence electrons. The molecule has 13 heteroatoms. The third-order valence-corrected chi connectivity index (χ3v) is 10.6. The molecular formula is C38H41F3N8O2. The number of pyridine rings is 1. The van der Waals surface area contributed by atoms with Crippen molar-refractivity contribution in [3.05, 3.63) is 76.6 Å². The Hall–Kier alpha value is -4.80. The van der Waals surface area contributed by atoms with E-state index in [9.17, 15) is 23.2 Å². The Kier molecular flexibility index (Phi) is 9.10. The summed E-state index contributed by atoms with van der Waals surface area (Å²) in [6.07, 6.45) is 2.98. The fourth-order valence-electron chi connectivity index (χ4n) is 7.56. The number of carbonyl (C=O) groups is 1. The van der Waals surface area contributed by atoms with Crippen molar-refractivity contribution in [3.63, 3.8) is 0 Å². The highest BCUT2D eigenvalue weighted by molar-refractivity contribution is 6.10. The average molecular weight is 699 g/mol. The summed E-state index contributed by atoms with van der Waals surface area (Å²) in [6, 6.07) is 14.6. The molecule has 10 nitrogen and oxygen atoms in total. The number of benzene rings is 2. The number of ether oxygens (including phenoxy) is 1. The van der Waals surface area contributed by atoms with Crippen molar-refractivity contribution < 1.29 is 22.7 Å². The standard InChI is InChI=1S/C38H41F3N8O2/c1-24-6-7-27(34-47-45-23-48(34)2)28(14-24)26-17-32(43-21-36(10-11-36)12-13-42)46-33(18-26)49-20-30-29(35(49)50)15-25(16-31(30)38(39,40)41)19-44-37(22-51-3)8-4-5-9-37/h6-7,14-18,23,44H,4-5,8-12,19-22H2,1-3H3,(H,43,46). The SMILES string of the molecule is COCC1(NCc2cc3c(c(C(F)(F)F)c2)CN(c2cc(-c4cc(C)ccc4-c4nncn4C)cc(NCC4(CC#N)CC4)n2)C3=O)CCCC1. The van der Waals surface area contributed by atoms with E-state index in [-0.39, 0.29) is 41.0 Å². The van der Waals surface area contributed by atoms with E-state index in [2.05, 4.69) is 26.9 Å². The molecule has 2 aromatic carbocycles. The van der Waals surface area contributed by atoms with E-state index in [1.807, 2.05) is 42.8 Å². The van der Waals surface area contributed by atoms with E-state index in [0.717, 1.165) is 55.2 Å². The minimum Gasteiger partial charge on any atom is -0.383 e. The first-order valence-electron chi connectivity index (χ1n) is 17.3. The van der Waals surface area contributed by atoms with Crippen LogP contribution in [-0.2, 0) is 31.1 Å². The number of rotatable bonds is 12. The molecule has 2 N–H and O–H groups in total. The molecule has 0 radical (unpaired) electrons. The Labute approximate surface area is 295 Å². The number of nitrogens with zero attached hydrogens (tertiary/aromatic N) is 6. The molecule has 1 amide bonds. The van der Waals surface area contributed by atoms with Gasteiger partial charge in [0.15, 0.2) is 5.82 Å². The second kappa shape index (κ2) is 13.4. The number of aryl methyl sites for hydroxylation is 2. The van der Waals surface area contributed by atoms with Crippen LogP contribution in [0.25, 0.3) is 22.5 Å². The highest BCUT2D eigenvalue weighted by Crippen LogP contribution is 2.49. The lowest BCUT2D eigenvalue weighted by molar-refractivity contribution is -0.138. The Bertz CT molecular complexity index is 2010. The largest absolute Gasteiger partial charge is 0.416 e. The Balaban J connectivity index is 1.28. The van der Waals surface area contributed by atoms with Crippen LogP contribution in [0.1, 0.15) is 77.6 Å². The molecule has 51 heavy (non-hydrogen) atoms. The number of fused-ring (bicyclic) bond motifs is 1. The summed E-state index contributed by atoms with van der Waals surface area (Å²) < 4.78 is 51.3. The first-order chi connectivity index (χ1) is 24.4. The van der Waals surface area contributed by atoms with Gasteiger partial charge in [0.1, 0.15) is 18.0 Å². The molecule has 2 aliphatic carbocycles. The molecule has 2 saturated carbocycles. The summed E-state index contributed by atoms with van der Waals surface area (Å²) >= 11 is 0. The van der Waals surface area contributed by atoms with Crippen molar-refractivity contribution in [2.45, 2.75) is 76.7 Å². The number of aromatic nitrogens is 4. The summed E-state index contributed by atoms with van der Waals surface area (Å²) in [5.41, 5.74) is 2.39. The zero-order valence-electron chi connectivity index (χ0n) is 29.0. The van der Waals surface area contributed by atoms with Crippen LogP contribution < -0.4 is 15.5 Å². The van der Waals surface area contributed by atoms with Gasteiger partial charge in [-0.1, -0.05) is 36.6 Å². The lowest BCUT2D eigenvalue weighted by Crippen LogP contribution is -2.46. The molecule has 0 unspecified atom stereocenters. The Morgan fingerprint density at radius 3 is 2.49 bits per heavy atom. The third-order valence-electron chi connectivity index (χ3n) is 10.6. The maximum Gasteiger partial charge on any atom is 0.416 e. The molecule has 7 rings (SSSR count). The van der Waals surface area contributed by atoms with Gasteiger partial charge in [-0.3, -0.25) is 9.69 Å². The van der Waals surface area contributed by atoms with Crippen LogP contribution in [0.5, 0.6) is 0 Å². The first kappa shape index (κ1) is 34.6. The number of nitrogens with one attached hydrogen (secondary N) is 2. The topological polar surface area (TPSA) is 121 Å². The third kappa shape index (κ3) is 6.95. The van der Waals surface area contributed by atoms with Crippen LogP contribution in [0.4, 0.5) is 24.8 Å². The van der Waals surface area contributed by atoms with E-state index < -0.39 is 17.6 Å². The average Bonchev–Trinajstić information content (AvgIpc) is 3.36. The number of alkyl halides is 3. The van der Waals surface area contributed by atoms with Gasteiger partial charge in [-0.05, 0) is 79.1 Å². The van der Waals surface area contributed by atoms with Crippen molar-refractivity contribution in [1.29, 1.82) is 5.26 Å². The second-order valence-corrected chi connectivity index (χ2v) is 14.4. The number of amides is 1. The molecule has 0 spiro atoms. The number of anilines is 2. The van der Waals surface area contributed by atoms with Gasteiger partial charge in [0.05, 0.1) is 24.8 Å². The van der Waals surface area contributed by atoms with Crippen LogP contribution >= 0.6 is 0 Å². The fourth-order valence-corrected chi connectivity index (χ4v) is 7.56. The van der Waals surface area contributed by atoms with Crippen LogP contribution in [0.15, 0.2) is 48.8 Å². The van der Waals surface area contributed by atoms with Crippen molar-refractivity contribution in [3.8, 4) is 28.6 Å². The number of hydrogen-bond acceptors (Lipinski definition) is 8. The van der Waals surface area contributed by atoms with E-state index in [4.69, 9.17) is 9.72 Å². The zero-order valence-corrected chi connectivity index (χ0v) is 29.0. The summed E-state index contributed by atoms with van der Waals surface area (Å²) in [4.78, 5) is 20.3. The monoisotopic (exact) mass is 698 g/mol. The molecule has 2 aromatic heterocycles. The summed E-state index contributed by atoms with van der Waals surface area (Å²) in [6.45, 7) is 2.85. The quantitative estimate of drug-likeness (QED) is 0.160. The lowest BCUT2D eigenvalue weighted by Gasteiger charge is -2.30. The van der Waals surface area contributed by atoms with E-state index >= 15 is 0 Å². The molecule has 2 fully saturated rings. The lowest BCUT2D eigenvalue weighted by atomic mass is 9.96. The summed E-state index contributed by atoms with van der Waals surface area (Å²) in [7, 11) is 3.48. The number of halogens is 3. The summed E-state index contributed by atoms with van der Waals surface area (Å²) in [5, 5.41) is 24.6. The highest BCUT2D eigenvalue weighted by atomic mass is 19.4. The predicted octanol–water partition coefficient (Wildman–Crippen LogP) is 7.19. The maximum absolute atomic E-state index is 14.7. The second-order valence-electron chi connectivity index (χ2n) is 14.4. The molecule has 3 aliphatic rings. The van der Waals surface area contributed by atoms with Crippen molar-refractivity contribution in [1.82, 2.24) is 25.1 Å². The van der Waals surface area contributed by atoms with Gasteiger partial charge in [0, 0.05) is 55.7 Å². The zero-order chi connectivity index (χ0) is 36.0. The van der Waals surface area contributed by atoms with Crippen LogP contribution in [0, 0.1) is 23.7 Å². The minimum absolute atomic E-state index is 0.0248. The molecule has 0 bridgehead atoms. The van der Waals surface area contributed by atoms with Gasteiger partial charge in [0.2, 0.25) is 0 Å². The van der Waals surface area contributed by atoms with Crippen LogP contribution in [0.3, 0.4) is 0 Å². The first-order valence-corrected chi connectivity index (χ1v) is 17.3. The Morgan fingerprint density at radius 2 is 1.82 bits per heavy atom. The smallest absolute Gasteiger partial charge is 0.383 e. The minimum atomic E-state index is -4.66. The van der Waals surface area contributed by atoms with Crippen molar-refractivity contribution in [2.24, 2.45) is 12.5 Å². The normalized spacial score (nSPS) is 17.4. The highest BCUT2D eigenvalue weighted by Gasteiger charge is 2.43. The predicted molar refractivity (Wildman–Crippen MR) is 187 cm³/mol. The molecule has 0 saturated heterocycles. The fraction of sp³-hybridized carbons (Fsp3) is 0.447. The van der Waals surface area contributed by atoms with Gasteiger partial charge < -0.3 is 19.9 Å². The maximum atomic E-state index is 14.7. The number of nitriles is 1. The van der Waals surface area contributed by atoms with Crippen LogP contribution in [-0.4, -0.2) is 51.5 Å². The van der Waals surface area contributed by atoms with Gasteiger partial charge in [-0.2, -0.15) is 18.4 Å². The molecule has 0 atom stereocenters. The van der Waals surface area contributed by atoms with Gasteiger partial charge in [0.25, 0.3) is 5.91 Å². The van der Waals surface area contributed by atoms with Crippen molar-refractivity contribution in [2.75, 3.05) is 30.5 Å². The molecule has 1 aliphatic heterocycles. The van der Waals surface area contributed by atoms with Crippen molar-refractivity contribution >= 4 is 17.5 Å². The van der Waals surface area contributed by atoms with E-state index in [1.54, 1.807) is 25.6 Å². The summed E-state index contributed by atoms with van der Waals surface area (Å²) in [5.74, 6) is 0.780. The Morgan fingerprint density at radius 1 is 1.04 bits per heavy atom. The van der Waals surface area contributed by atoms with Crippen LogP contribution in [0.2, 0.25) is 0 Å². The molecular weight excluding hydrogens is 657 g/mol. The van der Waals surface area contributed by atoms with Gasteiger partial charge in [-0.25, -0.2) is 4.98 Å².